The van der Waals surface area contributed by atoms with Gasteiger partial charge in [0.25, 0.3) is 15.9 Å². The smallest absolute Gasteiger partial charge is 0.322 e. The highest BCUT2D eigenvalue weighted by atomic mass is 35.5. The van der Waals surface area contributed by atoms with Crippen LogP contribution in [0.5, 0.6) is 0 Å². The Hall–Kier alpha value is -3.04. The van der Waals surface area contributed by atoms with Crippen LogP contribution in [-0.2, 0) is 16.2 Å². The topological polar surface area (TPSA) is 75.3 Å². The molecule has 0 fully saturated rings. The second-order valence-corrected chi connectivity index (χ2v) is 8.23. The van der Waals surface area contributed by atoms with Gasteiger partial charge in [0.2, 0.25) is 0 Å². The van der Waals surface area contributed by atoms with Crippen LogP contribution in [0.2, 0.25) is 5.02 Å². The molecule has 0 saturated heterocycles. The fraction of sp³-hybridized carbons (Fsp3) is 0.0500. The third-order valence-electron chi connectivity index (χ3n) is 4.00. The third-order valence-corrected chi connectivity index (χ3v) is 5.69. The average Bonchev–Trinajstić information content (AvgIpc) is 2.70. The lowest BCUT2D eigenvalue weighted by atomic mass is 10.1. The van der Waals surface area contributed by atoms with Crippen molar-refractivity contribution in [2.45, 2.75) is 11.1 Å². The van der Waals surface area contributed by atoms with Gasteiger partial charge in [-0.25, -0.2) is 8.42 Å². The molecule has 156 valence electrons. The van der Waals surface area contributed by atoms with Crippen LogP contribution >= 0.6 is 11.6 Å². The summed E-state index contributed by atoms with van der Waals surface area (Å²) in [7, 11) is -3.86. The van der Waals surface area contributed by atoms with E-state index in [1.54, 1.807) is 18.2 Å². The third kappa shape index (κ3) is 5.11. The highest BCUT2D eigenvalue weighted by Gasteiger charge is 2.30. The maximum atomic E-state index is 12.6. The Morgan fingerprint density at radius 2 is 1.53 bits per heavy atom. The summed E-state index contributed by atoms with van der Waals surface area (Å²) in [4.78, 5) is 12.4. The number of anilines is 2. The first-order valence-corrected chi connectivity index (χ1v) is 10.3. The van der Waals surface area contributed by atoms with E-state index < -0.39 is 27.7 Å². The highest BCUT2D eigenvalue weighted by molar-refractivity contribution is 7.92. The molecule has 3 aromatic rings. The van der Waals surface area contributed by atoms with Gasteiger partial charge in [-0.15, -0.1) is 0 Å². The minimum Gasteiger partial charge on any atom is -0.322 e. The first kappa shape index (κ1) is 21.7. The molecule has 0 heterocycles. The number of hydrogen-bond donors (Lipinski definition) is 2. The van der Waals surface area contributed by atoms with Crippen LogP contribution < -0.4 is 10.0 Å². The zero-order chi connectivity index (χ0) is 21.9. The summed E-state index contributed by atoms with van der Waals surface area (Å²) >= 11 is 6.11. The van der Waals surface area contributed by atoms with Crippen molar-refractivity contribution in [2.24, 2.45) is 0 Å². The molecule has 0 aliphatic rings. The number of carbonyl (C=O) groups excluding carboxylic acids is 1. The Bertz CT molecular complexity index is 1170. The monoisotopic (exact) mass is 454 g/mol. The number of rotatable bonds is 5. The minimum absolute atomic E-state index is 0.0189. The maximum absolute atomic E-state index is 12.6. The molecule has 0 unspecified atom stereocenters. The number of hydrogen-bond acceptors (Lipinski definition) is 3. The van der Waals surface area contributed by atoms with Crippen LogP contribution in [-0.4, -0.2) is 14.3 Å². The van der Waals surface area contributed by atoms with Crippen LogP contribution in [0.1, 0.15) is 15.9 Å². The molecule has 0 saturated carbocycles. The number of sulfonamides is 1. The lowest BCUT2D eigenvalue weighted by Crippen LogP contribution is -2.15. The lowest BCUT2D eigenvalue weighted by molar-refractivity contribution is -0.137. The van der Waals surface area contributed by atoms with Crippen molar-refractivity contribution in [3.05, 3.63) is 88.9 Å². The van der Waals surface area contributed by atoms with Gasteiger partial charge in [0.05, 0.1) is 21.2 Å². The van der Waals surface area contributed by atoms with Gasteiger partial charge in [-0.1, -0.05) is 29.8 Å². The summed E-state index contributed by atoms with van der Waals surface area (Å²) < 4.78 is 64.9. The van der Waals surface area contributed by atoms with Crippen LogP contribution in [0.15, 0.2) is 77.7 Å². The van der Waals surface area contributed by atoms with Gasteiger partial charge in [0.15, 0.2) is 0 Å². The van der Waals surface area contributed by atoms with E-state index in [1.807, 2.05) is 0 Å². The highest BCUT2D eigenvalue weighted by Crippen LogP contribution is 2.30. The summed E-state index contributed by atoms with van der Waals surface area (Å²) in [5.74, 6) is -0.617. The summed E-state index contributed by atoms with van der Waals surface area (Å²) in [6.45, 7) is 0. The number of halogens is 4. The van der Waals surface area contributed by atoms with E-state index in [-0.39, 0.29) is 26.9 Å². The molecule has 0 bridgehead atoms. The first-order valence-electron chi connectivity index (χ1n) is 8.42. The quantitative estimate of drug-likeness (QED) is 0.541. The largest absolute Gasteiger partial charge is 0.416 e. The molecule has 0 aliphatic carbocycles. The zero-order valence-corrected chi connectivity index (χ0v) is 16.6. The second kappa shape index (κ2) is 8.37. The zero-order valence-electron chi connectivity index (χ0n) is 15.1. The predicted octanol–water partition coefficient (Wildman–Crippen LogP) is 5.41. The van der Waals surface area contributed by atoms with E-state index in [0.717, 1.165) is 24.3 Å². The van der Waals surface area contributed by atoms with Crippen molar-refractivity contribution in [3.8, 4) is 0 Å². The summed E-state index contributed by atoms with van der Waals surface area (Å²) in [6, 6.07) is 15.5. The second-order valence-electron chi connectivity index (χ2n) is 6.14. The van der Waals surface area contributed by atoms with E-state index in [1.165, 1.54) is 30.3 Å². The fourth-order valence-corrected chi connectivity index (χ4v) is 3.87. The van der Waals surface area contributed by atoms with E-state index in [4.69, 9.17) is 11.6 Å². The molecule has 1 amide bonds. The molecule has 0 aliphatic heterocycles. The number of carbonyl (C=O) groups is 1. The normalized spacial score (nSPS) is 11.7. The maximum Gasteiger partial charge on any atom is 0.416 e. The standard InChI is InChI=1S/C20H14ClF3N2O3S/c21-17-12-13(19(27)25-15-9-7-14(8-10-15)20(22,23)24)6-11-18(17)26-30(28,29)16-4-2-1-3-5-16/h1-12,26H,(H,25,27). The van der Waals surface area contributed by atoms with E-state index in [9.17, 15) is 26.4 Å². The Morgan fingerprint density at radius 3 is 2.10 bits per heavy atom. The fourth-order valence-electron chi connectivity index (χ4n) is 2.49. The first-order chi connectivity index (χ1) is 14.1. The molecular weight excluding hydrogens is 441 g/mol. The minimum atomic E-state index is -4.47. The number of benzene rings is 3. The van der Waals surface area contributed by atoms with Crippen LogP contribution in [0.25, 0.3) is 0 Å². The van der Waals surface area contributed by atoms with Gasteiger partial charge in [-0.05, 0) is 54.6 Å². The number of amides is 1. The lowest BCUT2D eigenvalue weighted by Gasteiger charge is -2.12. The van der Waals surface area contributed by atoms with Crippen molar-refractivity contribution in [1.82, 2.24) is 0 Å². The molecular formula is C20H14ClF3N2O3S. The molecule has 5 nitrogen and oxygen atoms in total. The molecule has 30 heavy (non-hydrogen) atoms. The Kier molecular flexibility index (Phi) is 6.04. The molecule has 0 radical (unpaired) electrons. The average molecular weight is 455 g/mol. The van der Waals surface area contributed by atoms with Crippen molar-refractivity contribution >= 4 is 38.9 Å². The van der Waals surface area contributed by atoms with Crippen molar-refractivity contribution < 1.29 is 26.4 Å². The van der Waals surface area contributed by atoms with Crippen molar-refractivity contribution in [3.63, 3.8) is 0 Å². The summed E-state index contributed by atoms with van der Waals surface area (Å²) in [5, 5.41) is 2.44. The van der Waals surface area contributed by atoms with Gasteiger partial charge in [-0.2, -0.15) is 13.2 Å². The molecule has 0 spiro atoms. The van der Waals surface area contributed by atoms with Gasteiger partial charge in [-0.3, -0.25) is 9.52 Å². The Balaban J connectivity index is 1.74. The predicted molar refractivity (Wildman–Crippen MR) is 108 cm³/mol. The Morgan fingerprint density at radius 1 is 0.900 bits per heavy atom. The molecule has 2 N–H and O–H groups in total. The van der Waals surface area contributed by atoms with Gasteiger partial charge in [0.1, 0.15) is 0 Å². The van der Waals surface area contributed by atoms with Gasteiger partial charge in [0, 0.05) is 11.3 Å². The van der Waals surface area contributed by atoms with Crippen LogP contribution in [0, 0.1) is 0 Å². The van der Waals surface area contributed by atoms with E-state index in [2.05, 4.69) is 10.0 Å². The van der Waals surface area contributed by atoms with Crippen molar-refractivity contribution in [1.29, 1.82) is 0 Å². The molecule has 0 atom stereocenters. The van der Waals surface area contributed by atoms with Crippen LogP contribution in [0.4, 0.5) is 24.5 Å². The van der Waals surface area contributed by atoms with E-state index in [0.29, 0.717) is 0 Å². The molecule has 10 heteroatoms. The SMILES string of the molecule is O=C(Nc1ccc(C(F)(F)F)cc1)c1ccc(NS(=O)(=O)c2ccccc2)c(Cl)c1. The van der Waals surface area contributed by atoms with E-state index >= 15 is 0 Å². The summed E-state index contributed by atoms with van der Waals surface area (Å²) in [6.07, 6.45) is -4.47. The Labute approximate surface area is 175 Å². The summed E-state index contributed by atoms with van der Waals surface area (Å²) in [5.41, 5.74) is -0.495. The van der Waals surface area contributed by atoms with Gasteiger partial charge < -0.3 is 5.32 Å². The number of alkyl halides is 3. The molecule has 0 aromatic heterocycles. The molecule has 3 rings (SSSR count). The van der Waals surface area contributed by atoms with Crippen molar-refractivity contribution in [2.75, 3.05) is 10.0 Å². The van der Waals surface area contributed by atoms with Crippen LogP contribution in [0.3, 0.4) is 0 Å². The molecule has 3 aromatic carbocycles. The van der Waals surface area contributed by atoms with Gasteiger partial charge >= 0.3 is 6.18 Å². The number of nitrogens with one attached hydrogen (secondary N) is 2.